The van der Waals surface area contributed by atoms with Gasteiger partial charge in [0, 0.05) is 5.56 Å². The highest BCUT2D eigenvalue weighted by Crippen LogP contribution is 2.46. The lowest BCUT2D eigenvalue weighted by atomic mass is 9.83. The summed E-state index contributed by atoms with van der Waals surface area (Å²) in [5.41, 5.74) is 9.67. The molecular weight excluding hydrogens is 344 g/mol. The van der Waals surface area contributed by atoms with E-state index in [1.54, 1.807) is 0 Å². The summed E-state index contributed by atoms with van der Waals surface area (Å²) in [4.78, 5) is 0. The summed E-state index contributed by atoms with van der Waals surface area (Å²) in [6, 6.07) is 17.5. The molecule has 0 radical (unpaired) electrons. The van der Waals surface area contributed by atoms with Gasteiger partial charge in [0.2, 0.25) is 18.6 Å². The zero-order valence-corrected chi connectivity index (χ0v) is 14.1. The third-order valence-electron chi connectivity index (χ3n) is 4.73. The summed E-state index contributed by atoms with van der Waals surface area (Å²) in [5.74, 6) is 1.43. The van der Waals surface area contributed by atoms with Crippen LogP contribution < -0.4 is 19.9 Å². The predicted molar refractivity (Wildman–Crippen MR) is 95.9 cm³/mol. The third-order valence-corrected chi connectivity index (χ3v) is 4.73. The van der Waals surface area contributed by atoms with Gasteiger partial charge in [-0.15, -0.1) is 5.10 Å². The maximum Gasteiger partial charge on any atom is 0.244 e. The number of benzene rings is 2. The molecule has 5 rings (SSSR count). The Labute approximate surface area is 154 Å². The molecule has 27 heavy (non-hydrogen) atoms. The SMILES string of the molecule is N#CC1=C(N)Oc2n[nH]c(-c3ccc4c(c3)OCO4)c2[C@@H]1c1ccccc1. The molecule has 7 nitrogen and oxygen atoms in total. The van der Waals surface area contributed by atoms with Crippen LogP contribution in [0.4, 0.5) is 0 Å². The summed E-state index contributed by atoms with van der Waals surface area (Å²) in [7, 11) is 0. The van der Waals surface area contributed by atoms with E-state index in [1.165, 1.54) is 0 Å². The van der Waals surface area contributed by atoms with Crippen molar-refractivity contribution in [1.82, 2.24) is 10.2 Å². The van der Waals surface area contributed by atoms with Gasteiger partial charge in [-0.05, 0) is 23.8 Å². The van der Waals surface area contributed by atoms with Gasteiger partial charge in [0.25, 0.3) is 0 Å². The van der Waals surface area contributed by atoms with E-state index in [0.29, 0.717) is 23.0 Å². The van der Waals surface area contributed by atoms with Crippen molar-refractivity contribution in [3.05, 3.63) is 71.1 Å². The first-order valence-electron chi connectivity index (χ1n) is 8.37. The van der Waals surface area contributed by atoms with Gasteiger partial charge in [0.1, 0.15) is 11.6 Å². The number of allylic oxidation sites excluding steroid dienone is 1. The van der Waals surface area contributed by atoms with Crippen molar-refractivity contribution in [2.45, 2.75) is 5.92 Å². The van der Waals surface area contributed by atoms with Crippen molar-refractivity contribution in [1.29, 1.82) is 5.26 Å². The number of nitrogens with zero attached hydrogens (tertiary/aromatic N) is 2. The molecule has 0 fully saturated rings. The maximum absolute atomic E-state index is 9.71. The van der Waals surface area contributed by atoms with Crippen LogP contribution in [0.25, 0.3) is 11.3 Å². The van der Waals surface area contributed by atoms with Crippen LogP contribution in [0.3, 0.4) is 0 Å². The van der Waals surface area contributed by atoms with E-state index in [4.69, 9.17) is 19.9 Å². The highest BCUT2D eigenvalue weighted by Gasteiger charge is 2.35. The number of aromatic nitrogens is 2. The molecule has 0 aliphatic carbocycles. The summed E-state index contributed by atoms with van der Waals surface area (Å²) in [6.45, 7) is 0.202. The largest absolute Gasteiger partial charge is 0.454 e. The lowest BCUT2D eigenvalue weighted by Crippen LogP contribution is -2.20. The molecule has 0 amide bonds. The van der Waals surface area contributed by atoms with Gasteiger partial charge in [0.05, 0.1) is 17.2 Å². The Morgan fingerprint density at radius 3 is 2.74 bits per heavy atom. The number of nitrogens with one attached hydrogen (secondary N) is 1. The lowest BCUT2D eigenvalue weighted by molar-refractivity contribution is 0.174. The van der Waals surface area contributed by atoms with Crippen LogP contribution in [0.15, 0.2) is 60.0 Å². The molecule has 1 aromatic heterocycles. The third kappa shape index (κ3) is 2.31. The average molecular weight is 358 g/mol. The number of fused-ring (bicyclic) bond motifs is 2. The molecule has 0 saturated carbocycles. The van der Waals surface area contributed by atoms with Crippen molar-refractivity contribution < 1.29 is 14.2 Å². The second-order valence-electron chi connectivity index (χ2n) is 6.22. The minimum absolute atomic E-state index is 0.0718. The number of hydrogen-bond donors (Lipinski definition) is 2. The Hall–Kier alpha value is -3.92. The molecule has 1 atom stereocenters. The zero-order valence-electron chi connectivity index (χ0n) is 14.1. The topological polar surface area (TPSA) is 106 Å². The van der Waals surface area contributed by atoms with Crippen LogP contribution in [0.2, 0.25) is 0 Å². The molecule has 0 spiro atoms. The number of nitriles is 1. The maximum atomic E-state index is 9.71. The number of ether oxygens (including phenoxy) is 3. The minimum atomic E-state index is -0.376. The summed E-state index contributed by atoms with van der Waals surface area (Å²) in [5, 5.41) is 17.0. The molecule has 0 saturated heterocycles. The van der Waals surface area contributed by atoms with Gasteiger partial charge < -0.3 is 19.9 Å². The van der Waals surface area contributed by atoms with Crippen molar-refractivity contribution in [2.24, 2.45) is 5.73 Å². The lowest BCUT2D eigenvalue weighted by Gasteiger charge is -2.24. The molecule has 2 aliphatic rings. The monoisotopic (exact) mass is 358 g/mol. The fourth-order valence-corrected chi connectivity index (χ4v) is 3.50. The Kier molecular flexibility index (Phi) is 3.30. The highest BCUT2D eigenvalue weighted by atomic mass is 16.7. The number of aromatic amines is 1. The number of rotatable bonds is 2. The van der Waals surface area contributed by atoms with Crippen molar-refractivity contribution in [3.8, 4) is 34.7 Å². The quantitative estimate of drug-likeness (QED) is 0.729. The summed E-state index contributed by atoms with van der Waals surface area (Å²) < 4.78 is 16.5. The van der Waals surface area contributed by atoms with Gasteiger partial charge in [-0.3, -0.25) is 5.10 Å². The fourth-order valence-electron chi connectivity index (χ4n) is 3.50. The van der Waals surface area contributed by atoms with Crippen LogP contribution >= 0.6 is 0 Å². The van der Waals surface area contributed by atoms with Crippen LogP contribution in [0.5, 0.6) is 17.4 Å². The minimum Gasteiger partial charge on any atom is -0.454 e. The van der Waals surface area contributed by atoms with Gasteiger partial charge in [-0.2, -0.15) is 5.26 Å². The zero-order chi connectivity index (χ0) is 18.4. The molecule has 3 N–H and O–H groups in total. The average Bonchev–Trinajstić information content (AvgIpc) is 3.33. The van der Waals surface area contributed by atoms with Crippen molar-refractivity contribution in [3.63, 3.8) is 0 Å². The first kappa shape index (κ1) is 15.3. The molecule has 0 unspecified atom stereocenters. The van der Waals surface area contributed by atoms with Crippen molar-refractivity contribution >= 4 is 0 Å². The second-order valence-corrected chi connectivity index (χ2v) is 6.22. The van der Waals surface area contributed by atoms with Crippen LogP contribution in [0, 0.1) is 11.3 Å². The summed E-state index contributed by atoms with van der Waals surface area (Å²) in [6.07, 6.45) is 0. The number of hydrogen-bond acceptors (Lipinski definition) is 6. The summed E-state index contributed by atoms with van der Waals surface area (Å²) >= 11 is 0. The van der Waals surface area contributed by atoms with Crippen molar-refractivity contribution in [2.75, 3.05) is 6.79 Å². The van der Waals surface area contributed by atoms with E-state index >= 15 is 0 Å². The standard InChI is InChI=1S/C20H14N4O3/c21-9-13-16(11-4-2-1-3-5-11)17-18(23-24-20(17)27-19(13)22)12-6-7-14-15(8-12)26-10-25-14/h1-8,16H,10,22H2,(H,23,24)/t16-/m1/s1. The molecule has 132 valence electrons. The highest BCUT2D eigenvalue weighted by molar-refractivity contribution is 5.73. The molecule has 7 heteroatoms. The van der Waals surface area contributed by atoms with Gasteiger partial charge in [0.15, 0.2) is 11.5 Å². The van der Waals surface area contributed by atoms with Crippen LogP contribution in [-0.2, 0) is 0 Å². The van der Waals surface area contributed by atoms with E-state index in [0.717, 1.165) is 22.4 Å². The fraction of sp³-hybridized carbons (Fsp3) is 0.100. The van der Waals surface area contributed by atoms with Gasteiger partial charge in [-0.25, -0.2) is 0 Å². The Morgan fingerprint density at radius 1 is 1.11 bits per heavy atom. The van der Waals surface area contributed by atoms with E-state index in [2.05, 4.69) is 16.3 Å². The first-order valence-corrected chi connectivity index (χ1v) is 8.37. The van der Waals surface area contributed by atoms with E-state index in [-0.39, 0.29) is 18.6 Å². The number of H-pyrrole nitrogens is 1. The first-order chi connectivity index (χ1) is 13.3. The number of nitrogens with two attached hydrogens (primary N) is 1. The molecule has 3 heterocycles. The van der Waals surface area contributed by atoms with Crippen LogP contribution in [-0.4, -0.2) is 17.0 Å². The second kappa shape index (κ2) is 5.81. The Bertz CT molecular complexity index is 1110. The molecule has 0 bridgehead atoms. The van der Waals surface area contributed by atoms with Gasteiger partial charge >= 0.3 is 0 Å². The Balaban J connectivity index is 1.71. The van der Waals surface area contributed by atoms with E-state index in [1.807, 2.05) is 48.5 Å². The van der Waals surface area contributed by atoms with Gasteiger partial charge in [-0.1, -0.05) is 30.3 Å². The van der Waals surface area contributed by atoms with Crippen LogP contribution in [0.1, 0.15) is 17.0 Å². The molecule has 3 aromatic rings. The smallest absolute Gasteiger partial charge is 0.244 e. The molecule has 2 aromatic carbocycles. The Morgan fingerprint density at radius 2 is 1.93 bits per heavy atom. The normalized spacial score (nSPS) is 17.2. The molecular formula is C20H14N4O3. The predicted octanol–water partition coefficient (Wildman–Crippen LogP) is 3.02. The molecule has 2 aliphatic heterocycles. The van der Waals surface area contributed by atoms with E-state index < -0.39 is 0 Å². The van der Waals surface area contributed by atoms with E-state index in [9.17, 15) is 5.26 Å².